The first-order valence-corrected chi connectivity index (χ1v) is 6.84. The number of thioether (sulfide) groups is 1. The van der Waals surface area contributed by atoms with Crippen molar-refractivity contribution >= 4 is 23.4 Å². The maximum Gasteiger partial charge on any atom is 0.221 e. The van der Waals surface area contributed by atoms with E-state index in [4.69, 9.17) is 4.74 Å². The predicted octanol–water partition coefficient (Wildman–Crippen LogP) is 2.92. The largest absolute Gasteiger partial charge is 0.377 e. The number of rotatable bonds is 4. The Labute approximate surface area is 106 Å². The normalized spacial score (nSPS) is 19.2. The third-order valence-corrected chi connectivity index (χ3v) is 3.78. The number of nitrogens with one attached hydrogen (secondary N) is 1. The summed E-state index contributed by atoms with van der Waals surface area (Å²) in [6, 6.07) is 7.92. The summed E-state index contributed by atoms with van der Waals surface area (Å²) in [4.78, 5) is 12.1. The molecule has 0 bridgehead atoms. The molecule has 2 rings (SSSR count). The molecule has 3 nitrogen and oxygen atoms in total. The summed E-state index contributed by atoms with van der Waals surface area (Å²) < 4.78 is 5.57. The first-order valence-electron chi connectivity index (χ1n) is 5.86. The van der Waals surface area contributed by atoms with Gasteiger partial charge >= 0.3 is 0 Å². The number of hydrogen-bond acceptors (Lipinski definition) is 3. The van der Waals surface area contributed by atoms with Gasteiger partial charge in [0, 0.05) is 29.9 Å². The number of amides is 1. The Morgan fingerprint density at radius 2 is 2.24 bits per heavy atom. The molecule has 0 spiro atoms. The van der Waals surface area contributed by atoms with Crippen LogP contribution < -0.4 is 5.32 Å². The van der Waals surface area contributed by atoms with Crippen LogP contribution in [0.1, 0.15) is 19.8 Å². The highest BCUT2D eigenvalue weighted by atomic mass is 32.2. The van der Waals surface area contributed by atoms with E-state index >= 15 is 0 Å². The molecule has 0 saturated carbocycles. The molecule has 92 valence electrons. The Morgan fingerprint density at radius 1 is 1.47 bits per heavy atom. The predicted molar refractivity (Wildman–Crippen MR) is 70.4 cm³/mol. The van der Waals surface area contributed by atoms with Crippen LogP contribution in [0, 0.1) is 0 Å². The van der Waals surface area contributed by atoms with Crippen LogP contribution >= 0.6 is 11.8 Å². The van der Waals surface area contributed by atoms with Crippen LogP contribution in [0.15, 0.2) is 29.2 Å². The summed E-state index contributed by atoms with van der Waals surface area (Å²) in [6.45, 7) is 2.42. The van der Waals surface area contributed by atoms with Gasteiger partial charge in [-0.3, -0.25) is 4.79 Å². The van der Waals surface area contributed by atoms with Crippen molar-refractivity contribution < 1.29 is 9.53 Å². The second kappa shape index (κ2) is 6.07. The van der Waals surface area contributed by atoms with Crippen LogP contribution in [-0.2, 0) is 9.53 Å². The molecule has 1 amide bonds. The van der Waals surface area contributed by atoms with Gasteiger partial charge in [-0.15, -0.1) is 11.8 Å². The second-order valence-corrected chi connectivity index (χ2v) is 5.25. The Balaban J connectivity index is 1.82. The van der Waals surface area contributed by atoms with Crippen LogP contribution in [0.25, 0.3) is 0 Å². The zero-order valence-corrected chi connectivity index (χ0v) is 10.8. The summed E-state index contributed by atoms with van der Waals surface area (Å²) in [7, 11) is 0. The van der Waals surface area contributed by atoms with Gasteiger partial charge in [-0.25, -0.2) is 0 Å². The van der Waals surface area contributed by atoms with Crippen molar-refractivity contribution in [2.75, 3.05) is 17.7 Å². The number of hydrogen-bond donors (Lipinski definition) is 1. The number of carbonyl (C=O) groups excluding carboxylic acids is 1. The second-order valence-electron chi connectivity index (χ2n) is 4.15. The molecule has 0 unspecified atom stereocenters. The lowest BCUT2D eigenvalue weighted by molar-refractivity contribution is -0.114. The first kappa shape index (κ1) is 12.5. The van der Waals surface area contributed by atoms with E-state index in [2.05, 4.69) is 5.32 Å². The molecule has 1 aromatic rings. The van der Waals surface area contributed by atoms with Crippen LogP contribution in [-0.4, -0.2) is 24.4 Å². The average molecular weight is 251 g/mol. The van der Waals surface area contributed by atoms with Crippen molar-refractivity contribution in [1.29, 1.82) is 0 Å². The summed E-state index contributed by atoms with van der Waals surface area (Å²) in [5, 5.41) is 2.76. The number of anilines is 1. The molecule has 1 saturated heterocycles. The maximum atomic E-state index is 10.9. The molecule has 1 heterocycles. The molecular weight excluding hydrogens is 234 g/mol. The minimum atomic E-state index is -0.0373. The molecule has 1 N–H and O–H groups in total. The van der Waals surface area contributed by atoms with Gasteiger partial charge in [0.25, 0.3) is 0 Å². The third-order valence-electron chi connectivity index (χ3n) is 2.63. The highest BCUT2D eigenvalue weighted by Gasteiger charge is 2.15. The van der Waals surface area contributed by atoms with E-state index in [1.807, 2.05) is 36.0 Å². The van der Waals surface area contributed by atoms with Crippen LogP contribution in [0.2, 0.25) is 0 Å². The fraction of sp³-hybridized carbons (Fsp3) is 0.462. The van der Waals surface area contributed by atoms with Crippen molar-refractivity contribution in [2.24, 2.45) is 0 Å². The highest BCUT2D eigenvalue weighted by molar-refractivity contribution is 7.99. The van der Waals surface area contributed by atoms with E-state index in [1.54, 1.807) is 0 Å². The monoisotopic (exact) mass is 251 g/mol. The molecule has 1 atom stereocenters. The van der Waals surface area contributed by atoms with Crippen molar-refractivity contribution in [2.45, 2.75) is 30.8 Å². The summed E-state index contributed by atoms with van der Waals surface area (Å²) in [6.07, 6.45) is 2.78. The van der Waals surface area contributed by atoms with Crippen molar-refractivity contribution in [3.8, 4) is 0 Å². The average Bonchev–Trinajstić information content (AvgIpc) is 2.80. The molecule has 0 aliphatic carbocycles. The Morgan fingerprint density at radius 3 is 2.82 bits per heavy atom. The van der Waals surface area contributed by atoms with Gasteiger partial charge in [-0.05, 0) is 37.1 Å². The fourth-order valence-corrected chi connectivity index (χ4v) is 2.77. The van der Waals surface area contributed by atoms with E-state index in [-0.39, 0.29) is 5.91 Å². The van der Waals surface area contributed by atoms with Crippen molar-refractivity contribution in [1.82, 2.24) is 0 Å². The molecule has 1 aliphatic rings. The number of carbonyl (C=O) groups is 1. The van der Waals surface area contributed by atoms with Gasteiger partial charge < -0.3 is 10.1 Å². The molecule has 0 aromatic heterocycles. The summed E-state index contributed by atoms with van der Waals surface area (Å²) in [5.41, 5.74) is 0.846. The summed E-state index contributed by atoms with van der Waals surface area (Å²) in [5.74, 6) is 0.976. The van der Waals surface area contributed by atoms with Gasteiger partial charge in [-0.1, -0.05) is 0 Å². The Hall–Kier alpha value is -1.00. The quantitative estimate of drug-likeness (QED) is 0.836. The van der Waals surface area contributed by atoms with E-state index < -0.39 is 0 Å². The van der Waals surface area contributed by atoms with E-state index in [0.717, 1.165) is 18.0 Å². The Kier molecular flexibility index (Phi) is 4.45. The lowest BCUT2D eigenvalue weighted by Crippen LogP contribution is -2.07. The SMILES string of the molecule is CC(=O)Nc1ccc(SC[C@H]2CCCO2)cc1. The number of benzene rings is 1. The van der Waals surface area contributed by atoms with Crippen molar-refractivity contribution in [3.63, 3.8) is 0 Å². The third kappa shape index (κ3) is 4.06. The smallest absolute Gasteiger partial charge is 0.221 e. The van der Waals surface area contributed by atoms with E-state index in [1.165, 1.54) is 24.7 Å². The highest BCUT2D eigenvalue weighted by Crippen LogP contribution is 2.24. The number of ether oxygens (including phenoxy) is 1. The lowest BCUT2D eigenvalue weighted by Gasteiger charge is -2.09. The van der Waals surface area contributed by atoms with Crippen LogP contribution in [0.4, 0.5) is 5.69 Å². The molecule has 1 fully saturated rings. The molecule has 17 heavy (non-hydrogen) atoms. The van der Waals surface area contributed by atoms with Gasteiger partial charge in [0.15, 0.2) is 0 Å². The zero-order chi connectivity index (χ0) is 12.1. The van der Waals surface area contributed by atoms with E-state index in [9.17, 15) is 4.79 Å². The van der Waals surface area contributed by atoms with Crippen LogP contribution in [0.5, 0.6) is 0 Å². The Bertz CT molecular complexity index is 372. The standard InChI is InChI=1S/C13H17NO2S/c1-10(15)14-11-4-6-13(7-5-11)17-9-12-3-2-8-16-12/h4-7,12H,2-3,8-9H2,1H3,(H,14,15)/t12-/m1/s1. The van der Waals surface area contributed by atoms with Gasteiger partial charge in [0.2, 0.25) is 5.91 Å². The topological polar surface area (TPSA) is 38.3 Å². The lowest BCUT2D eigenvalue weighted by atomic mass is 10.3. The van der Waals surface area contributed by atoms with Crippen LogP contribution in [0.3, 0.4) is 0 Å². The zero-order valence-electron chi connectivity index (χ0n) is 9.94. The van der Waals surface area contributed by atoms with Gasteiger partial charge in [0.1, 0.15) is 0 Å². The first-order chi connectivity index (χ1) is 8.24. The summed E-state index contributed by atoms with van der Waals surface area (Å²) >= 11 is 1.81. The van der Waals surface area contributed by atoms with Gasteiger partial charge in [-0.2, -0.15) is 0 Å². The minimum Gasteiger partial charge on any atom is -0.377 e. The molecule has 1 aromatic carbocycles. The minimum absolute atomic E-state index is 0.0373. The fourth-order valence-electron chi connectivity index (χ4n) is 1.80. The molecule has 0 radical (unpaired) electrons. The molecule has 4 heteroatoms. The maximum absolute atomic E-state index is 10.9. The molecular formula is C13H17NO2S. The molecule has 1 aliphatic heterocycles. The van der Waals surface area contributed by atoms with Gasteiger partial charge in [0.05, 0.1) is 6.10 Å². The van der Waals surface area contributed by atoms with Crippen molar-refractivity contribution in [3.05, 3.63) is 24.3 Å². The van der Waals surface area contributed by atoms with E-state index in [0.29, 0.717) is 6.10 Å².